The number of benzene rings is 1. The van der Waals surface area contributed by atoms with Gasteiger partial charge in [-0.05, 0) is 113 Å². The van der Waals surface area contributed by atoms with Crippen LogP contribution in [0.2, 0.25) is 0 Å². The third kappa shape index (κ3) is 4.06. The Bertz CT molecular complexity index is 1030. The Kier molecular flexibility index (Phi) is 7.85. The van der Waals surface area contributed by atoms with Crippen molar-refractivity contribution in [2.24, 2.45) is 16.7 Å². The molecule has 1 saturated heterocycles. The molecule has 1 aliphatic heterocycles. The molecule has 4 rings (SSSR count). The monoisotopic (exact) mass is 490 g/mol. The van der Waals surface area contributed by atoms with Crippen LogP contribution in [0, 0.1) is 16.7 Å². The van der Waals surface area contributed by atoms with E-state index in [0.29, 0.717) is 12.0 Å². The van der Waals surface area contributed by atoms with Crippen molar-refractivity contribution >= 4 is 5.91 Å². The highest BCUT2D eigenvalue weighted by Gasteiger charge is 2.69. The van der Waals surface area contributed by atoms with Gasteiger partial charge in [-0.15, -0.1) is 0 Å². The number of hydrogen-bond donors (Lipinski definition) is 1. The molecule has 0 spiro atoms. The molecular formula is C32H46N2O2. The SMILES string of the molecule is C=C/C(O)=C\C(=C(/C)CC)C12CCN(CCC)C(C)C13CCC(N(C)C(=O)c1ccccc1)C2CC3. The van der Waals surface area contributed by atoms with Crippen LogP contribution in [0.25, 0.3) is 0 Å². The summed E-state index contributed by atoms with van der Waals surface area (Å²) in [6.45, 7) is 15.3. The number of aliphatic hydroxyl groups excluding tert-OH is 1. The van der Waals surface area contributed by atoms with Gasteiger partial charge in [0.1, 0.15) is 5.76 Å². The van der Waals surface area contributed by atoms with E-state index in [1.807, 2.05) is 43.5 Å². The molecule has 0 aromatic heterocycles. The van der Waals surface area contributed by atoms with E-state index in [9.17, 15) is 9.90 Å². The fourth-order valence-electron chi connectivity index (χ4n) is 8.44. The molecule has 4 nitrogen and oxygen atoms in total. The molecule has 5 unspecified atom stereocenters. The largest absolute Gasteiger partial charge is 0.508 e. The Hall–Kier alpha value is -2.33. The number of carbonyl (C=O) groups excluding carboxylic acids is 1. The molecule has 3 aliphatic rings. The second kappa shape index (κ2) is 10.6. The molecule has 2 bridgehead atoms. The highest BCUT2D eigenvalue weighted by molar-refractivity contribution is 5.94. The third-order valence-electron chi connectivity index (χ3n) is 10.2. The van der Waals surface area contributed by atoms with E-state index in [0.717, 1.165) is 50.8 Å². The minimum atomic E-state index is -0.0537. The zero-order valence-corrected chi connectivity index (χ0v) is 23.1. The van der Waals surface area contributed by atoms with E-state index in [4.69, 9.17) is 0 Å². The number of piperidine rings is 1. The van der Waals surface area contributed by atoms with Gasteiger partial charge in [0.05, 0.1) is 0 Å². The second-order valence-corrected chi connectivity index (χ2v) is 11.4. The van der Waals surface area contributed by atoms with Gasteiger partial charge in [-0.3, -0.25) is 4.79 Å². The molecule has 0 radical (unpaired) electrons. The number of rotatable bonds is 8. The summed E-state index contributed by atoms with van der Waals surface area (Å²) >= 11 is 0. The van der Waals surface area contributed by atoms with Crippen LogP contribution >= 0.6 is 0 Å². The summed E-state index contributed by atoms with van der Waals surface area (Å²) in [4.78, 5) is 18.4. The molecular weight excluding hydrogens is 444 g/mol. The van der Waals surface area contributed by atoms with Crippen LogP contribution in [0.4, 0.5) is 0 Å². The molecule has 5 atom stereocenters. The lowest BCUT2D eigenvalue weighted by atomic mass is 9.46. The lowest BCUT2D eigenvalue weighted by Gasteiger charge is -2.64. The standard InChI is InChI=1S/C32H46N2O2/c1-7-20-34-21-19-32(28(23(4)8-2)22-26(35)9-3)27-15-17-31(32,24(34)5)18-16-29(27)33(6)30(36)25-13-11-10-12-14-25/h9-14,22,24,27,29,35H,3,7-8,15-21H2,1-2,4-6H3/b26-22+,28-23-. The van der Waals surface area contributed by atoms with Gasteiger partial charge < -0.3 is 14.9 Å². The summed E-state index contributed by atoms with van der Waals surface area (Å²) in [5.74, 6) is 0.746. The summed E-state index contributed by atoms with van der Waals surface area (Å²) in [5.41, 5.74) is 3.54. The van der Waals surface area contributed by atoms with Crippen LogP contribution in [0.3, 0.4) is 0 Å². The molecule has 196 valence electrons. The van der Waals surface area contributed by atoms with Gasteiger partial charge in [0, 0.05) is 30.1 Å². The van der Waals surface area contributed by atoms with Gasteiger partial charge in [0.25, 0.3) is 5.91 Å². The Morgan fingerprint density at radius 2 is 1.89 bits per heavy atom. The van der Waals surface area contributed by atoms with E-state index >= 15 is 0 Å². The number of likely N-dealkylation sites (tertiary alicyclic amines) is 1. The first kappa shape index (κ1) is 26.7. The lowest BCUT2D eigenvalue weighted by molar-refractivity contribution is -0.112. The summed E-state index contributed by atoms with van der Waals surface area (Å²) in [5, 5.41) is 10.7. The topological polar surface area (TPSA) is 43.8 Å². The van der Waals surface area contributed by atoms with Gasteiger partial charge in [-0.25, -0.2) is 0 Å². The van der Waals surface area contributed by atoms with E-state index in [1.165, 1.54) is 24.0 Å². The number of nitrogens with zero attached hydrogens (tertiary/aromatic N) is 2. The lowest BCUT2D eigenvalue weighted by Crippen LogP contribution is -2.65. The Balaban J connectivity index is 1.85. The summed E-state index contributed by atoms with van der Waals surface area (Å²) in [6, 6.07) is 10.4. The van der Waals surface area contributed by atoms with Crippen molar-refractivity contribution in [1.82, 2.24) is 9.80 Å². The third-order valence-corrected chi connectivity index (χ3v) is 10.2. The average molecular weight is 491 g/mol. The normalized spacial score (nSPS) is 33.0. The summed E-state index contributed by atoms with van der Waals surface area (Å²) in [6.07, 6.45) is 11.3. The Morgan fingerprint density at radius 3 is 2.53 bits per heavy atom. The fraction of sp³-hybridized carbons (Fsp3) is 0.594. The van der Waals surface area contributed by atoms with Crippen LogP contribution in [-0.2, 0) is 0 Å². The van der Waals surface area contributed by atoms with Crippen LogP contribution in [0.15, 0.2) is 66.0 Å². The zero-order chi connectivity index (χ0) is 26.1. The van der Waals surface area contributed by atoms with Gasteiger partial charge in [0.15, 0.2) is 0 Å². The smallest absolute Gasteiger partial charge is 0.253 e. The maximum Gasteiger partial charge on any atom is 0.253 e. The molecule has 3 fully saturated rings. The highest BCUT2D eigenvalue weighted by atomic mass is 16.3. The average Bonchev–Trinajstić information content (AvgIpc) is 3.11. The Labute approximate surface area is 218 Å². The highest BCUT2D eigenvalue weighted by Crippen LogP contribution is 2.72. The molecule has 1 heterocycles. The van der Waals surface area contributed by atoms with Crippen molar-refractivity contribution in [3.8, 4) is 0 Å². The molecule has 2 aliphatic carbocycles. The van der Waals surface area contributed by atoms with Crippen molar-refractivity contribution in [3.05, 3.63) is 71.5 Å². The first-order valence-electron chi connectivity index (χ1n) is 14.1. The van der Waals surface area contributed by atoms with E-state index in [2.05, 4.69) is 44.1 Å². The minimum absolute atomic E-state index is 0.0537. The predicted molar refractivity (Wildman–Crippen MR) is 149 cm³/mol. The van der Waals surface area contributed by atoms with Gasteiger partial charge in [-0.1, -0.05) is 44.2 Å². The van der Waals surface area contributed by atoms with Crippen molar-refractivity contribution < 1.29 is 9.90 Å². The van der Waals surface area contributed by atoms with Crippen molar-refractivity contribution in [2.75, 3.05) is 20.1 Å². The fourth-order valence-corrected chi connectivity index (χ4v) is 8.44. The maximum atomic E-state index is 13.6. The number of allylic oxidation sites excluding steroid dienone is 4. The quantitative estimate of drug-likeness (QED) is 0.310. The van der Waals surface area contributed by atoms with E-state index in [1.54, 1.807) is 6.08 Å². The van der Waals surface area contributed by atoms with E-state index in [-0.39, 0.29) is 28.5 Å². The number of carbonyl (C=O) groups is 1. The Morgan fingerprint density at radius 1 is 1.19 bits per heavy atom. The number of aliphatic hydroxyl groups is 1. The summed E-state index contributed by atoms with van der Waals surface area (Å²) in [7, 11) is 2.02. The number of hydrogen-bond acceptors (Lipinski definition) is 3. The van der Waals surface area contributed by atoms with Crippen LogP contribution in [0.5, 0.6) is 0 Å². The molecule has 36 heavy (non-hydrogen) atoms. The van der Waals surface area contributed by atoms with Gasteiger partial charge >= 0.3 is 0 Å². The molecule has 2 saturated carbocycles. The van der Waals surface area contributed by atoms with Crippen molar-refractivity contribution in [2.45, 2.75) is 84.7 Å². The molecule has 1 N–H and O–H groups in total. The number of amides is 1. The zero-order valence-electron chi connectivity index (χ0n) is 23.1. The maximum absolute atomic E-state index is 13.6. The summed E-state index contributed by atoms with van der Waals surface area (Å²) < 4.78 is 0. The van der Waals surface area contributed by atoms with Gasteiger partial charge in [0.2, 0.25) is 0 Å². The first-order valence-corrected chi connectivity index (χ1v) is 14.1. The molecule has 4 heteroatoms. The van der Waals surface area contributed by atoms with E-state index < -0.39 is 0 Å². The second-order valence-electron chi connectivity index (χ2n) is 11.4. The van der Waals surface area contributed by atoms with Crippen LogP contribution < -0.4 is 0 Å². The molecule has 1 aromatic carbocycles. The van der Waals surface area contributed by atoms with Crippen LogP contribution in [0.1, 0.15) is 83.0 Å². The minimum Gasteiger partial charge on any atom is -0.508 e. The predicted octanol–water partition coefficient (Wildman–Crippen LogP) is 7.16. The molecule has 1 amide bonds. The van der Waals surface area contributed by atoms with Crippen molar-refractivity contribution in [3.63, 3.8) is 0 Å². The van der Waals surface area contributed by atoms with Crippen molar-refractivity contribution in [1.29, 1.82) is 0 Å². The van der Waals surface area contributed by atoms with Gasteiger partial charge in [-0.2, -0.15) is 0 Å². The first-order chi connectivity index (χ1) is 17.3. The molecule has 1 aromatic rings. The van der Waals surface area contributed by atoms with Crippen LogP contribution in [-0.4, -0.2) is 53.0 Å².